The first-order valence-electron chi connectivity index (χ1n) is 8.17. The minimum atomic E-state index is -0.361. The number of hydrazine groups is 1. The Morgan fingerprint density at radius 2 is 2.08 bits per heavy atom. The highest BCUT2D eigenvalue weighted by Gasteiger charge is 2.23. The molecule has 1 aliphatic heterocycles. The van der Waals surface area contributed by atoms with E-state index in [-0.39, 0.29) is 23.3 Å². The Kier molecular flexibility index (Phi) is 4.46. The predicted octanol–water partition coefficient (Wildman–Crippen LogP) is 1.50. The summed E-state index contributed by atoms with van der Waals surface area (Å²) in [6.07, 6.45) is 4.60. The summed E-state index contributed by atoms with van der Waals surface area (Å²) in [5.74, 6) is -0.00627. The third-order valence-corrected chi connectivity index (χ3v) is 4.07. The van der Waals surface area contributed by atoms with E-state index in [1.807, 2.05) is 0 Å². The van der Waals surface area contributed by atoms with Gasteiger partial charge in [0.05, 0.1) is 24.3 Å². The first kappa shape index (κ1) is 16.4. The molecule has 9 heteroatoms. The third kappa shape index (κ3) is 3.63. The molecular formula is C17H17FN6O2. The van der Waals surface area contributed by atoms with Crippen LogP contribution in [0.4, 0.5) is 10.1 Å². The lowest BCUT2D eigenvalue weighted by molar-refractivity contribution is 0.102. The lowest BCUT2D eigenvalue weighted by Crippen LogP contribution is -2.21. The fraction of sp³-hybridized carbons (Fsp3) is 0.235. The van der Waals surface area contributed by atoms with Crippen LogP contribution in [-0.2, 0) is 6.54 Å². The SMILES string of the molecule is O=C(Nc1cnn(Cc2ccc(F)cc2)c1)c1coc(C2CNNC2)n1. The van der Waals surface area contributed by atoms with Gasteiger partial charge in [0, 0.05) is 19.3 Å². The van der Waals surface area contributed by atoms with Crippen LogP contribution in [0.5, 0.6) is 0 Å². The molecule has 3 N–H and O–H groups in total. The molecule has 0 bridgehead atoms. The number of aromatic nitrogens is 3. The van der Waals surface area contributed by atoms with Crippen molar-refractivity contribution >= 4 is 11.6 Å². The van der Waals surface area contributed by atoms with Gasteiger partial charge in [-0.2, -0.15) is 5.10 Å². The zero-order chi connectivity index (χ0) is 17.9. The number of rotatable bonds is 5. The molecular weight excluding hydrogens is 339 g/mol. The summed E-state index contributed by atoms with van der Waals surface area (Å²) in [4.78, 5) is 16.6. The second-order valence-corrected chi connectivity index (χ2v) is 6.04. The van der Waals surface area contributed by atoms with Gasteiger partial charge in [-0.1, -0.05) is 12.1 Å². The number of nitrogens with one attached hydrogen (secondary N) is 3. The minimum absolute atomic E-state index is 0.106. The molecule has 4 rings (SSSR count). The molecule has 1 amide bonds. The molecule has 0 unspecified atom stereocenters. The lowest BCUT2D eigenvalue weighted by Gasteiger charge is -2.02. The van der Waals surface area contributed by atoms with E-state index in [1.54, 1.807) is 29.2 Å². The van der Waals surface area contributed by atoms with Gasteiger partial charge in [-0.15, -0.1) is 0 Å². The van der Waals surface area contributed by atoms with Gasteiger partial charge in [0.15, 0.2) is 5.69 Å². The molecule has 134 valence electrons. The molecule has 0 radical (unpaired) electrons. The maximum absolute atomic E-state index is 12.9. The van der Waals surface area contributed by atoms with Crippen molar-refractivity contribution in [3.8, 4) is 0 Å². The number of anilines is 1. The van der Waals surface area contributed by atoms with Crippen LogP contribution in [-0.4, -0.2) is 33.8 Å². The summed E-state index contributed by atoms with van der Waals surface area (Å²) in [7, 11) is 0. The number of hydrogen-bond acceptors (Lipinski definition) is 6. The number of hydrogen-bond donors (Lipinski definition) is 3. The Bertz CT molecular complexity index is 898. The molecule has 0 spiro atoms. The quantitative estimate of drug-likeness (QED) is 0.641. The van der Waals surface area contributed by atoms with E-state index in [0.717, 1.165) is 5.56 Å². The van der Waals surface area contributed by atoms with E-state index in [1.165, 1.54) is 18.4 Å². The Morgan fingerprint density at radius 3 is 2.85 bits per heavy atom. The Hall–Kier alpha value is -3.04. The number of amides is 1. The van der Waals surface area contributed by atoms with Crippen LogP contribution in [0.2, 0.25) is 0 Å². The molecule has 8 nitrogen and oxygen atoms in total. The van der Waals surface area contributed by atoms with Crippen molar-refractivity contribution < 1.29 is 13.6 Å². The number of oxazole rings is 1. The fourth-order valence-corrected chi connectivity index (χ4v) is 2.70. The fourth-order valence-electron chi connectivity index (χ4n) is 2.70. The second kappa shape index (κ2) is 7.06. The molecule has 1 saturated heterocycles. The van der Waals surface area contributed by atoms with Gasteiger partial charge >= 0.3 is 0 Å². The normalized spacial score (nSPS) is 14.7. The van der Waals surface area contributed by atoms with E-state index < -0.39 is 0 Å². The molecule has 3 heterocycles. The second-order valence-electron chi connectivity index (χ2n) is 6.04. The molecule has 0 saturated carbocycles. The van der Waals surface area contributed by atoms with E-state index in [4.69, 9.17) is 4.42 Å². The maximum Gasteiger partial charge on any atom is 0.277 e. The first-order chi connectivity index (χ1) is 12.7. The van der Waals surface area contributed by atoms with Gasteiger partial charge < -0.3 is 9.73 Å². The average Bonchev–Trinajstić information content (AvgIpc) is 3.38. The van der Waals surface area contributed by atoms with Gasteiger partial charge in [0.1, 0.15) is 12.1 Å². The monoisotopic (exact) mass is 356 g/mol. The standard InChI is InChI=1S/C17H17FN6O2/c18-13-3-1-11(2-4-13)8-24-9-14(7-21-24)22-16(25)15-10-26-17(23-15)12-5-19-20-6-12/h1-4,7,9-10,12,19-20H,5-6,8H2,(H,22,25). The Balaban J connectivity index is 1.39. The van der Waals surface area contributed by atoms with Crippen molar-refractivity contribution in [3.05, 3.63) is 65.9 Å². The third-order valence-electron chi connectivity index (χ3n) is 4.07. The van der Waals surface area contributed by atoms with Crippen molar-refractivity contribution in [2.45, 2.75) is 12.5 Å². The van der Waals surface area contributed by atoms with Gasteiger partial charge in [-0.25, -0.2) is 9.37 Å². The van der Waals surface area contributed by atoms with Crippen LogP contribution in [0.25, 0.3) is 0 Å². The van der Waals surface area contributed by atoms with Gasteiger partial charge in [-0.3, -0.25) is 20.3 Å². The van der Waals surface area contributed by atoms with Crippen LogP contribution in [0.3, 0.4) is 0 Å². The molecule has 26 heavy (non-hydrogen) atoms. The topological polar surface area (TPSA) is 97.0 Å². The highest BCUT2D eigenvalue weighted by Crippen LogP contribution is 2.17. The molecule has 1 fully saturated rings. The molecule has 0 aliphatic carbocycles. The zero-order valence-corrected chi connectivity index (χ0v) is 13.8. The summed E-state index contributed by atoms with van der Waals surface area (Å²) in [5.41, 5.74) is 7.66. The van der Waals surface area contributed by atoms with Crippen molar-refractivity contribution in [1.29, 1.82) is 0 Å². The summed E-state index contributed by atoms with van der Waals surface area (Å²) in [6.45, 7) is 1.89. The number of carbonyl (C=O) groups is 1. The predicted molar refractivity (Wildman–Crippen MR) is 90.9 cm³/mol. The van der Waals surface area contributed by atoms with E-state index in [2.05, 4.69) is 26.3 Å². The van der Waals surface area contributed by atoms with Crippen molar-refractivity contribution in [2.75, 3.05) is 18.4 Å². The van der Waals surface area contributed by atoms with Crippen LogP contribution in [0.15, 0.2) is 47.3 Å². The first-order valence-corrected chi connectivity index (χ1v) is 8.17. The van der Waals surface area contributed by atoms with E-state index in [9.17, 15) is 9.18 Å². The van der Waals surface area contributed by atoms with Crippen molar-refractivity contribution in [3.63, 3.8) is 0 Å². The number of nitrogens with zero attached hydrogens (tertiary/aromatic N) is 3. The van der Waals surface area contributed by atoms with Gasteiger partial charge in [0.25, 0.3) is 5.91 Å². The zero-order valence-electron chi connectivity index (χ0n) is 13.8. The van der Waals surface area contributed by atoms with Crippen LogP contribution in [0, 0.1) is 5.82 Å². The molecule has 0 atom stereocenters. The minimum Gasteiger partial charge on any atom is -0.448 e. The van der Waals surface area contributed by atoms with Gasteiger partial charge in [0.2, 0.25) is 5.89 Å². The molecule has 2 aromatic heterocycles. The molecule has 1 aliphatic rings. The number of carbonyl (C=O) groups excluding carboxylic acids is 1. The maximum atomic E-state index is 12.9. The van der Waals surface area contributed by atoms with Crippen molar-refractivity contribution in [1.82, 2.24) is 25.6 Å². The van der Waals surface area contributed by atoms with Crippen LogP contribution >= 0.6 is 0 Å². The lowest BCUT2D eigenvalue weighted by atomic mass is 10.2. The van der Waals surface area contributed by atoms with Gasteiger partial charge in [-0.05, 0) is 17.7 Å². The average molecular weight is 356 g/mol. The molecule has 3 aromatic rings. The summed E-state index contributed by atoms with van der Waals surface area (Å²) in [6, 6.07) is 6.19. The van der Waals surface area contributed by atoms with Crippen LogP contribution < -0.4 is 16.2 Å². The summed E-state index contributed by atoms with van der Waals surface area (Å²) >= 11 is 0. The summed E-state index contributed by atoms with van der Waals surface area (Å²) in [5, 5.41) is 6.94. The number of benzene rings is 1. The number of halogens is 1. The highest BCUT2D eigenvalue weighted by atomic mass is 19.1. The molecule has 1 aromatic carbocycles. The highest BCUT2D eigenvalue weighted by molar-refractivity contribution is 6.02. The van der Waals surface area contributed by atoms with Crippen LogP contribution in [0.1, 0.15) is 27.9 Å². The summed E-state index contributed by atoms with van der Waals surface area (Å²) < 4.78 is 20.0. The van der Waals surface area contributed by atoms with E-state index >= 15 is 0 Å². The van der Waals surface area contributed by atoms with E-state index in [0.29, 0.717) is 31.2 Å². The van der Waals surface area contributed by atoms with Crippen molar-refractivity contribution in [2.24, 2.45) is 0 Å². The smallest absolute Gasteiger partial charge is 0.277 e. The Morgan fingerprint density at radius 1 is 1.31 bits per heavy atom. The Labute approximate surface area is 148 Å². The largest absolute Gasteiger partial charge is 0.448 e.